The van der Waals surface area contributed by atoms with E-state index in [0.29, 0.717) is 4.88 Å². The Balaban J connectivity index is 1.94. The van der Waals surface area contributed by atoms with Crippen LogP contribution in [-0.4, -0.2) is 31.5 Å². The summed E-state index contributed by atoms with van der Waals surface area (Å²) in [6, 6.07) is 4.30. The quantitative estimate of drug-likeness (QED) is 0.845. The molecule has 6 heteroatoms. The van der Waals surface area contributed by atoms with Crippen molar-refractivity contribution in [2.45, 2.75) is 32.9 Å². The molecule has 0 radical (unpaired) electrons. The molecule has 1 atom stereocenters. The third kappa shape index (κ3) is 1.96. The van der Waals surface area contributed by atoms with Crippen LogP contribution < -0.4 is 0 Å². The number of hydrogen-bond acceptors (Lipinski definition) is 4. The van der Waals surface area contributed by atoms with E-state index in [1.54, 1.807) is 0 Å². The first-order valence-electron chi connectivity index (χ1n) is 6.47. The largest absolute Gasteiger partial charge is 0.348 e. The van der Waals surface area contributed by atoms with Crippen LogP contribution in [0.1, 0.15) is 40.4 Å². The third-order valence-electron chi connectivity index (χ3n) is 3.66. The van der Waals surface area contributed by atoms with Crippen molar-refractivity contribution in [3.05, 3.63) is 34.6 Å². The van der Waals surface area contributed by atoms with Crippen molar-refractivity contribution < 1.29 is 4.79 Å². The molecule has 0 bridgehead atoms. The summed E-state index contributed by atoms with van der Waals surface area (Å²) in [5.41, 5.74) is 1.95. The normalized spacial score (nSPS) is 18.4. The third-order valence-corrected chi connectivity index (χ3v) is 4.47. The summed E-state index contributed by atoms with van der Waals surface area (Å²) in [4.78, 5) is 15.3. The van der Waals surface area contributed by atoms with Gasteiger partial charge in [0.25, 0.3) is 5.91 Å². The Morgan fingerprint density at radius 3 is 3.05 bits per heavy atom. The highest BCUT2D eigenvalue weighted by Crippen LogP contribution is 2.30. The molecule has 0 saturated carbocycles. The summed E-state index contributed by atoms with van der Waals surface area (Å²) in [6.45, 7) is 5.56. The monoisotopic (exact) mass is 276 g/mol. The molecule has 1 amide bonds. The van der Waals surface area contributed by atoms with Crippen LogP contribution in [0.5, 0.6) is 0 Å². The van der Waals surface area contributed by atoms with Crippen LogP contribution in [0.4, 0.5) is 0 Å². The maximum absolute atomic E-state index is 12.6. The molecule has 0 N–H and O–H groups in total. The number of amides is 1. The fourth-order valence-electron chi connectivity index (χ4n) is 2.70. The fourth-order valence-corrected chi connectivity index (χ4v) is 3.31. The van der Waals surface area contributed by atoms with Gasteiger partial charge in [-0.1, -0.05) is 11.4 Å². The average molecular weight is 276 g/mol. The molecule has 3 heterocycles. The summed E-state index contributed by atoms with van der Waals surface area (Å²) >= 11 is 1.19. The van der Waals surface area contributed by atoms with Crippen molar-refractivity contribution in [2.24, 2.45) is 0 Å². The summed E-state index contributed by atoms with van der Waals surface area (Å²) < 4.78 is 6.09. The molecule has 0 aliphatic carbocycles. The summed E-state index contributed by atoms with van der Waals surface area (Å²) in [6.07, 6.45) is 3.00. The molecular weight excluding hydrogens is 260 g/mol. The number of aromatic nitrogens is 3. The van der Waals surface area contributed by atoms with Gasteiger partial charge in [0.2, 0.25) is 0 Å². The van der Waals surface area contributed by atoms with Crippen LogP contribution in [0.25, 0.3) is 0 Å². The molecular formula is C13H16N4OS. The van der Waals surface area contributed by atoms with Gasteiger partial charge >= 0.3 is 0 Å². The topological polar surface area (TPSA) is 51.0 Å². The van der Waals surface area contributed by atoms with Crippen molar-refractivity contribution in [1.82, 2.24) is 19.1 Å². The molecule has 0 saturated heterocycles. The highest BCUT2D eigenvalue weighted by atomic mass is 32.1. The molecule has 1 aliphatic rings. The van der Waals surface area contributed by atoms with Gasteiger partial charge in [-0.15, -0.1) is 5.10 Å². The van der Waals surface area contributed by atoms with E-state index in [9.17, 15) is 4.79 Å². The van der Waals surface area contributed by atoms with Crippen LogP contribution in [0, 0.1) is 6.92 Å². The van der Waals surface area contributed by atoms with Crippen molar-refractivity contribution in [3.63, 3.8) is 0 Å². The summed E-state index contributed by atoms with van der Waals surface area (Å²) in [7, 11) is 0. The van der Waals surface area contributed by atoms with E-state index < -0.39 is 0 Å². The van der Waals surface area contributed by atoms with Crippen molar-refractivity contribution in [1.29, 1.82) is 0 Å². The number of carbonyl (C=O) groups excluding carboxylic acids is 1. The lowest BCUT2D eigenvalue weighted by Gasteiger charge is -2.36. The molecule has 100 valence electrons. The minimum atomic E-state index is 0.0619. The molecule has 0 aromatic carbocycles. The lowest BCUT2D eigenvalue weighted by atomic mass is 10.1. The first-order chi connectivity index (χ1) is 9.22. The maximum atomic E-state index is 12.6. The van der Waals surface area contributed by atoms with Gasteiger partial charge in [-0.2, -0.15) is 0 Å². The van der Waals surface area contributed by atoms with Gasteiger partial charge < -0.3 is 9.47 Å². The SMILES string of the molecule is CC[C@@H]1c2cccn2CCN1C(=O)c1snnc1C. The van der Waals surface area contributed by atoms with Crippen LogP contribution in [0.3, 0.4) is 0 Å². The average Bonchev–Trinajstić information content (AvgIpc) is 3.04. The van der Waals surface area contributed by atoms with Gasteiger partial charge in [0.1, 0.15) is 4.88 Å². The van der Waals surface area contributed by atoms with Crippen LogP contribution >= 0.6 is 11.5 Å². The minimum absolute atomic E-state index is 0.0619. The Morgan fingerprint density at radius 2 is 2.37 bits per heavy atom. The second kappa shape index (κ2) is 4.77. The number of hydrogen-bond donors (Lipinski definition) is 0. The Kier molecular flexibility index (Phi) is 3.10. The molecule has 3 rings (SSSR count). The first-order valence-corrected chi connectivity index (χ1v) is 7.24. The molecule has 0 fully saturated rings. The van der Waals surface area contributed by atoms with E-state index in [4.69, 9.17) is 0 Å². The zero-order valence-corrected chi connectivity index (χ0v) is 11.9. The predicted molar refractivity (Wildman–Crippen MR) is 73.1 cm³/mol. The lowest BCUT2D eigenvalue weighted by molar-refractivity contribution is 0.0622. The fraction of sp³-hybridized carbons (Fsp3) is 0.462. The second-order valence-electron chi connectivity index (χ2n) is 4.74. The maximum Gasteiger partial charge on any atom is 0.268 e. The molecule has 2 aromatic heterocycles. The Labute approximate surface area is 116 Å². The van der Waals surface area contributed by atoms with Gasteiger partial charge in [-0.05, 0) is 37.0 Å². The smallest absolute Gasteiger partial charge is 0.268 e. The summed E-state index contributed by atoms with van der Waals surface area (Å²) in [5.74, 6) is 0.0619. The Morgan fingerprint density at radius 1 is 1.53 bits per heavy atom. The number of carbonyl (C=O) groups is 1. The lowest BCUT2D eigenvalue weighted by Crippen LogP contribution is -2.41. The van der Waals surface area contributed by atoms with E-state index in [1.165, 1.54) is 17.2 Å². The molecule has 5 nitrogen and oxygen atoms in total. The van der Waals surface area contributed by atoms with Gasteiger partial charge in [0.05, 0.1) is 11.7 Å². The van der Waals surface area contributed by atoms with E-state index in [1.807, 2.05) is 17.9 Å². The van der Waals surface area contributed by atoms with Crippen LogP contribution in [-0.2, 0) is 6.54 Å². The van der Waals surface area contributed by atoms with Crippen LogP contribution in [0.2, 0.25) is 0 Å². The number of aryl methyl sites for hydroxylation is 1. The van der Waals surface area contributed by atoms with E-state index in [0.717, 1.165) is 25.2 Å². The van der Waals surface area contributed by atoms with E-state index in [2.05, 4.69) is 33.3 Å². The molecule has 0 unspecified atom stereocenters. The minimum Gasteiger partial charge on any atom is -0.348 e. The van der Waals surface area contributed by atoms with E-state index >= 15 is 0 Å². The van der Waals surface area contributed by atoms with Crippen molar-refractivity contribution in [2.75, 3.05) is 6.54 Å². The van der Waals surface area contributed by atoms with Gasteiger partial charge in [-0.3, -0.25) is 4.79 Å². The summed E-state index contributed by atoms with van der Waals surface area (Å²) in [5, 5.41) is 3.93. The highest BCUT2D eigenvalue weighted by Gasteiger charge is 2.31. The van der Waals surface area contributed by atoms with Crippen LogP contribution in [0.15, 0.2) is 18.3 Å². The molecule has 19 heavy (non-hydrogen) atoms. The molecule has 0 spiro atoms. The van der Waals surface area contributed by atoms with Gasteiger partial charge in [0.15, 0.2) is 0 Å². The Bertz CT molecular complexity index is 603. The van der Waals surface area contributed by atoms with Crippen molar-refractivity contribution >= 4 is 17.4 Å². The number of nitrogens with zero attached hydrogens (tertiary/aromatic N) is 4. The van der Waals surface area contributed by atoms with E-state index in [-0.39, 0.29) is 11.9 Å². The zero-order chi connectivity index (χ0) is 13.4. The second-order valence-corrected chi connectivity index (χ2v) is 5.49. The highest BCUT2D eigenvalue weighted by molar-refractivity contribution is 7.07. The predicted octanol–water partition coefficient (Wildman–Crippen LogP) is 2.26. The number of fused-ring (bicyclic) bond motifs is 1. The van der Waals surface area contributed by atoms with Gasteiger partial charge in [-0.25, -0.2) is 0 Å². The standard InChI is InChI=1S/C13H16N4OS/c1-3-10-11-5-4-6-16(11)7-8-17(10)13(18)12-9(2)14-15-19-12/h4-6,10H,3,7-8H2,1-2H3/t10-/m1/s1. The Hall–Kier alpha value is -1.69. The molecule has 1 aliphatic heterocycles. The molecule has 2 aromatic rings. The number of rotatable bonds is 2. The first kappa shape index (κ1) is 12.3. The zero-order valence-electron chi connectivity index (χ0n) is 11.0. The van der Waals surface area contributed by atoms with Crippen molar-refractivity contribution in [3.8, 4) is 0 Å². The van der Waals surface area contributed by atoms with Gasteiger partial charge in [0, 0.05) is 25.0 Å².